The van der Waals surface area contributed by atoms with Gasteiger partial charge in [0.15, 0.2) is 34.5 Å². The molecule has 0 radical (unpaired) electrons. The largest absolute Gasteiger partial charge is 0.493 e. The lowest BCUT2D eigenvalue weighted by atomic mass is 10.1. The maximum Gasteiger partial charge on any atom is 0.221 e. The number of hydrogen-bond donors (Lipinski definition) is 6. The smallest absolute Gasteiger partial charge is 0.221 e. The third-order valence-corrected chi connectivity index (χ3v) is 10.5. The van der Waals surface area contributed by atoms with Gasteiger partial charge in [0.2, 0.25) is 35.1 Å². The Morgan fingerprint density at radius 3 is 0.836 bits per heavy atom. The maximum absolute atomic E-state index is 6.39. The van der Waals surface area contributed by atoms with Gasteiger partial charge in [-0.2, -0.15) is 15.0 Å². The number of nitrogens with zero attached hydrogens (tertiary/aromatic N) is 7. The highest BCUT2D eigenvalue weighted by atomic mass is 16.6. The first-order valence-corrected chi connectivity index (χ1v) is 20.8. The Morgan fingerprint density at radius 2 is 0.627 bits per heavy atom. The molecule has 0 aliphatic rings. The van der Waals surface area contributed by atoms with E-state index in [1.165, 1.54) is 0 Å². The molecule has 0 spiro atoms. The topological polar surface area (TPSA) is 320 Å². The number of rotatable bonds is 24. The molecule has 6 aromatic rings. The summed E-state index contributed by atoms with van der Waals surface area (Å²) in [6.45, 7) is 1.96. The predicted molar refractivity (Wildman–Crippen MR) is 253 cm³/mol. The fourth-order valence-electron chi connectivity index (χ4n) is 7.07. The van der Waals surface area contributed by atoms with Crippen LogP contribution in [-0.2, 0) is 19.3 Å². The third-order valence-electron chi connectivity index (χ3n) is 10.5. The summed E-state index contributed by atoms with van der Waals surface area (Å²) < 4.78 is 53.8. The van der Waals surface area contributed by atoms with Crippen molar-refractivity contribution in [3.8, 4) is 51.7 Å². The third kappa shape index (κ3) is 12.4. The predicted octanol–water partition coefficient (Wildman–Crippen LogP) is 3.21. The molecule has 0 saturated carbocycles. The highest BCUT2D eigenvalue weighted by Gasteiger charge is 2.21. The number of hydrogen-bond acceptors (Lipinski definition) is 22. The van der Waals surface area contributed by atoms with E-state index in [4.69, 9.17) is 77.0 Å². The van der Waals surface area contributed by atoms with Crippen LogP contribution in [0.3, 0.4) is 0 Å². The maximum atomic E-state index is 6.39. The molecule has 3 aromatic carbocycles. The molecule has 6 rings (SSSR count). The zero-order chi connectivity index (χ0) is 48.0. The number of methoxy groups -OCH3 is 6. The van der Waals surface area contributed by atoms with Crippen molar-refractivity contribution in [2.24, 2.45) is 0 Å². The van der Waals surface area contributed by atoms with Gasteiger partial charge in [0.1, 0.15) is 37.3 Å². The summed E-state index contributed by atoms with van der Waals surface area (Å²) >= 11 is 0. The molecule has 22 nitrogen and oxygen atoms in total. The van der Waals surface area contributed by atoms with E-state index in [0.29, 0.717) is 107 Å². The first kappa shape index (κ1) is 48.3. The van der Waals surface area contributed by atoms with Crippen molar-refractivity contribution in [2.45, 2.75) is 19.3 Å². The normalized spacial score (nSPS) is 11.0. The molecule has 0 aliphatic heterocycles. The number of aromatic nitrogens is 6. The lowest BCUT2D eigenvalue weighted by Crippen LogP contribution is -2.35. The van der Waals surface area contributed by atoms with E-state index in [0.717, 1.165) is 16.7 Å². The van der Waals surface area contributed by atoms with E-state index < -0.39 is 0 Å². The summed E-state index contributed by atoms with van der Waals surface area (Å²) in [7, 11) is 9.34. The van der Waals surface area contributed by atoms with Crippen LogP contribution in [-0.4, -0.2) is 117 Å². The molecule has 0 bridgehead atoms. The Labute approximate surface area is 387 Å². The van der Waals surface area contributed by atoms with Crippen LogP contribution in [0.1, 0.15) is 33.4 Å². The molecule has 0 fully saturated rings. The second kappa shape index (κ2) is 22.7. The van der Waals surface area contributed by atoms with Crippen molar-refractivity contribution < 1.29 is 42.6 Å². The van der Waals surface area contributed by atoms with Crippen LogP contribution in [0.5, 0.6) is 51.7 Å². The number of anilines is 6. The molecule has 356 valence electrons. The summed E-state index contributed by atoms with van der Waals surface area (Å²) in [5, 5.41) is 0. The molecule has 0 aliphatic carbocycles. The zero-order valence-electron chi connectivity index (χ0n) is 38.3. The summed E-state index contributed by atoms with van der Waals surface area (Å²) in [6, 6.07) is 11.1. The van der Waals surface area contributed by atoms with Gasteiger partial charge in [-0.1, -0.05) is 0 Å². The van der Waals surface area contributed by atoms with Crippen LogP contribution in [0.2, 0.25) is 0 Å². The van der Waals surface area contributed by atoms with Crippen molar-refractivity contribution in [1.29, 1.82) is 0 Å². The highest BCUT2D eigenvalue weighted by molar-refractivity contribution is 5.58. The van der Waals surface area contributed by atoms with Gasteiger partial charge in [0.25, 0.3) is 0 Å². The van der Waals surface area contributed by atoms with Gasteiger partial charge in [-0.15, -0.1) is 0 Å². The first-order valence-electron chi connectivity index (χ1n) is 20.8. The van der Waals surface area contributed by atoms with E-state index in [1.807, 2.05) is 36.4 Å². The molecular formula is C45H57N13O9. The summed E-state index contributed by atoms with van der Waals surface area (Å²) in [6.07, 6.45) is 6.00. The van der Waals surface area contributed by atoms with Crippen LogP contribution in [0.25, 0.3) is 0 Å². The van der Waals surface area contributed by atoms with E-state index >= 15 is 0 Å². The summed E-state index contributed by atoms with van der Waals surface area (Å²) in [4.78, 5) is 26.6. The van der Waals surface area contributed by atoms with Crippen LogP contribution < -0.4 is 77.0 Å². The molecule has 0 unspecified atom stereocenters. The molecule has 0 amide bonds. The van der Waals surface area contributed by atoms with E-state index in [9.17, 15) is 0 Å². The zero-order valence-corrected chi connectivity index (χ0v) is 38.3. The summed E-state index contributed by atoms with van der Waals surface area (Å²) in [5.74, 6) is 5.19. The van der Waals surface area contributed by atoms with Gasteiger partial charge in [-0.25, -0.2) is 15.0 Å². The van der Waals surface area contributed by atoms with Crippen molar-refractivity contribution >= 4 is 35.3 Å². The van der Waals surface area contributed by atoms with Gasteiger partial charge in [-0.05, 0) is 53.1 Å². The molecule has 3 aromatic heterocycles. The fraction of sp³-hybridized carbons (Fsp3) is 0.333. The fourth-order valence-corrected chi connectivity index (χ4v) is 7.07. The van der Waals surface area contributed by atoms with Crippen molar-refractivity contribution in [2.75, 3.05) is 117 Å². The molecule has 12 N–H and O–H groups in total. The highest BCUT2D eigenvalue weighted by Crippen LogP contribution is 2.42. The Morgan fingerprint density at radius 1 is 0.388 bits per heavy atom. The molecule has 3 heterocycles. The molecule has 22 heteroatoms. The van der Waals surface area contributed by atoms with E-state index in [-0.39, 0.29) is 55.1 Å². The van der Waals surface area contributed by atoms with E-state index in [1.54, 1.807) is 61.2 Å². The lowest BCUT2D eigenvalue weighted by Gasteiger charge is -2.25. The number of nitrogen functional groups attached to an aromatic ring is 6. The van der Waals surface area contributed by atoms with Gasteiger partial charge in [0, 0.05) is 74.2 Å². The Hall–Kier alpha value is -8.14. The average molecular weight is 924 g/mol. The molecule has 0 atom stereocenters. The second-order valence-corrected chi connectivity index (χ2v) is 14.8. The molecule has 0 saturated heterocycles. The van der Waals surface area contributed by atoms with E-state index in [2.05, 4.69) is 34.8 Å². The van der Waals surface area contributed by atoms with Crippen LogP contribution in [0.4, 0.5) is 35.3 Å². The minimum atomic E-state index is 0.0939. The van der Waals surface area contributed by atoms with Crippen molar-refractivity contribution in [3.63, 3.8) is 0 Å². The molecule has 67 heavy (non-hydrogen) atoms. The van der Waals surface area contributed by atoms with Crippen LogP contribution in [0, 0.1) is 0 Å². The van der Waals surface area contributed by atoms with Gasteiger partial charge in [0.05, 0.1) is 42.7 Å². The SMILES string of the molecule is COc1cc(Cc2cnc(N)nc2N)cc(OC)c1OCCN(CCOc1c(OC)cc(Cc2cnc(N)nc2N)cc1OC)CCOc1c(OC)cc(Cc2cnc(N)nc2N)cc1OC. The minimum Gasteiger partial charge on any atom is -0.493 e. The first-order chi connectivity index (χ1) is 32.4. The van der Waals surface area contributed by atoms with Gasteiger partial charge < -0.3 is 77.0 Å². The van der Waals surface area contributed by atoms with Gasteiger partial charge >= 0.3 is 0 Å². The minimum absolute atomic E-state index is 0.0939. The van der Waals surface area contributed by atoms with Crippen molar-refractivity contribution in [3.05, 3.63) is 88.4 Å². The quantitative estimate of drug-likeness (QED) is 0.0507. The monoisotopic (exact) mass is 923 g/mol. The Bertz CT molecular complexity index is 2280. The standard InChI is InChI=1S/C45H57N13O9/c1-59-31-16-25(13-28-22-52-43(49)55-40(28)46)17-32(60-2)37(31)65-10-7-58(8-11-66-38-33(61-3)18-26(19-34(38)62-4)14-29-23-53-44(50)56-41(29)47)9-12-67-39-35(63-5)20-27(21-36(39)64-6)15-30-24-54-45(51)57-42(30)48/h16-24H,7-15H2,1-6H3,(H4,46,49,52,55)(H4,47,50,53,56)(H4,48,51,54,57). The number of ether oxygens (including phenoxy) is 9. The summed E-state index contributed by atoms with van der Waals surface area (Å²) in [5.41, 5.74) is 40.1. The second-order valence-electron chi connectivity index (χ2n) is 14.8. The lowest BCUT2D eigenvalue weighted by molar-refractivity contribution is 0.145. The number of nitrogens with two attached hydrogens (primary N) is 6. The number of benzene rings is 3. The Kier molecular flexibility index (Phi) is 16.3. The van der Waals surface area contributed by atoms with Crippen LogP contribution >= 0.6 is 0 Å². The van der Waals surface area contributed by atoms with Crippen LogP contribution in [0.15, 0.2) is 55.0 Å². The Balaban J connectivity index is 1.19. The molecular weight excluding hydrogens is 867 g/mol. The average Bonchev–Trinajstić information content (AvgIpc) is 3.31. The van der Waals surface area contributed by atoms with Gasteiger partial charge in [-0.3, -0.25) is 4.90 Å². The van der Waals surface area contributed by atoms with Crippen molar-refractivity contribution in [1.82, 2.24) is 34.8 Å².